The van der Waals surface area contributed by atoms with Crippen LogP contribution in [-0.4, -0.2) is 45.1 Å². The minimum Gasteiger partial charge on any atom is -0.456 e. The first-order valence-electron chi connectivity index (χ1n) is 9.60. The highest BCUT2D eigenvalue weighted by Gasteiger charge is 2.26. The number of nitrogens with zero attached hydrogens (tertiary/aromatic N) is 3. The Morgan fingerprint density at radius 1 is 1.19 bits per heavy atom. The van der Waals surface area contributed by atoms with E-state index in [0.29, 0.717) is 38.7 Å². The Morgan fingerprint density at radius 3 is 2.68 bits per heavy atom. The molecule has 31 heavy (non-hydrogen) atoms. The summed E-state index contributed by atoms with van der Waals surface area (Å²) in [5, 5.41) is 0.499. The zero-order valence-corrected chi connectivity index (χ0v) is 18.8. The molecule has 0 aliphatic heterocycles. The van der Waals surface area contributed by atoms with Gasteiger partial charge >= 0.3 is 5.97 Å². The van der Waals surface area contributed by atoms with E-state index in [4.69, 9.17) is 19.4 Å². The summed E-state index contributed by atoms with van der Waals surface area (Å²) >= 11 is 2.16. The van der Waals surface area contributed by atoms with Crippen LogP contribution in [0.4, 0.5) is 0 Å². The van der Waals surface area contributed by atoms with Crippen LogP contribution in [-0.2, 0) is 9.47 Å². The van der Waals surface area contributed by atoms with Gasteiger partial charge in [0.15, 0.2) is 5.65 Å². The van der Waals surface area contributed by atoms with E-state index in [1.165, 1.54) is 7.11 Å². The lowest BCUT2D eigenvalue weighted by atomic mass is 10.2. The third-order valence-electron chi connectivity index (χ3n) is 5.05. The Balaban J connectivity index is 1.92. The van der Waals surface area contributed by atoms with Crippen LogP contribution in [0.3, 0.4) is 0 Å². The number of aromatic amines is 1. The molecule has 0 aliphatic rings. The second kappa shape index (κ2) is 7.57. The van der Waals surface area contributed by atoms with Gasteiger partial charge in [-0.05, 0) is 59.8 Å². The Hall–Kier alpha value is -3.05. The van der Waals surface area contributed by atoms with Crippen molar-refractivity contribution in [2.24, 2.45) is 0 Å². The molecule has 8 nitrogen and oxygen atoms in total. The topological polar surface area (TPSA) is 98.6 Å². The Kier molecular flexibility index (Phi) is 4.86. The minimum atomic E-state index is -0.595. The molecular weight excluding hydrogens is 511 g/mol. The van der Waals surface area contributed by atoms with E-state index in [2.05, 4.69) is 27.6 Å². The standard InChI is InChI=1S/C22H17IN4O4/c1-11(10-30-2)31-22(29)17-18-20(25-15-6-4-3-5-14(15)24-18)27-16-8-7-12(23)9-13(16)21(28)26-19(17)27/h3-9,11H,10H2,1-2H3,(H,26,28)/t11-/m0/s1. The molecule has 0 unspecified atom stereocenters. The zero-order valence-electron chi connectivity index (χ0n) is 16.7. The maximum atomic E-state index is 13.2. The largest absolute Gasteiger partial charge is 0.456 e. The molecule has 0 amide bonds. The molecule has 0 spiro atoms. The molecule has 1 N–H and O–H groups in total. The van der Waals surface area contributed by atoms with Crippen LogP contribution in [0.2, 0.25) is 0 Å². The molecule has 0 bridgehead atoms. The van der Waals surface area contributed by atoms with Crippen LogP contribution in [0.25, 0.3) is 38.7 Å². The van der Waals surface area contributed by atoms with Gasteiger partial charge < -0.3 is 14.5 Å². The quantitative estimate of drug-likeness (QED) is 0.283. The predicted octanol–water partition coefficient (Wildman–Crippen LogP) is 3.67. The zero-order chi connectivity index (χ0) is 21.7. The predicted molar refractivity (Wildman–Crippen MR) is 126 cm³/mol. The summed E-state index contributed by atoms with van der Waals surface area (Å²) < 4.78 is 13.3. The van der Waals surface area contributed by atoms with E-state index >= 15 is 0 Å². The lowest BCUT2D eigenvalue weighted by Crippen LogP contribution is -2.20. The number of ether oxygens (including phenoxy) is 2. The SMILES string of the molecule is COC[C@H](C)OC(=O)c1c2nc3ccccc3nc2n2c1[nH]c(=O)c1cc(I)ccc12. The number of benzene rings is 2. The van der Waals surface area contributed by atoms with Gasteiger partial charge in [-0.2, -0.15) is 0 Å². The van der Waals surface area contributed by atoms with E-state index in [1.54, 1.807) is 17.4 Å². The molecular formula is C22H17IN4O4. The van der Waals surface area contributed by atoms with Crippen molar-refractivity contribution < 1.29 is 14.3 Å². The lowest BCUT2D eigenvalue weighted by Gasteiger charge is -2.11. The first-order valence-corrected chi connectivity index (χ1v) is 10.7. The summed E-state index contributed by atoms with van der Waals surface area (Å²) in [6.07, 6.45) is -0.468. The van der Waals surface area contributed by atoms with Crippen LogP contribution in [0, 0.1) is 3.57 Å². The molecule has 5 rings (SSSR count). The van der Waals surface area contributed by atoms with Crippen LogP contribution in [0.5, 0.6) is 0 Å². The third kappa shape index (κ3) is 3.24. The maximum Gasteiger partial charge on any atom is 0.344 e. The van der Waals surface area contributed by atoms with Crippen molar-refractivity contribution in [1.29, 1.82) is 0 Å². The molecule has 0 saturated carbocycles. The average Bonchev–Trinajstić information content (AvgIpc) is 3.05. The van der Waals surface area contributed by atoms with E-state index in [-0.39, 0.29) is 17.7 Å². The number of nitrogens with one attached hydrogen (secondary N) is 1. The van der Waals surface area contributed by atoms with Crippen molar-refractivity contribution in [3.05, 3.63) is 62.0 Å². The summed E-state index contributed by atoms with van der Waals surface area (Å²) in [5.41, 5.74) is 2.99. The molecule has 0 fully saturated rings. The molecule has 3 aromatic heterocycles. The van der Waals surface area contributed by atoms with Gasteiger partial charge in [0.05, 0.1) is 28.5 Å². The van der Waals surface area contributed by atoms with E-state index < -0.39 is 12.1 Å². The van der Waals surface area contributed by atoms with Crippen LogP contribution in [0.15, 0.2) is 47.3 Å². The first-order chi connectivity index (χ1) is 15.0. The number of methoxy groups -OCH3 is 1. The Labute approximate surface area is 189 Å². The number of esters is 1. The second-order valence-electron chi connectivity index (χ2n) is 7.23. The van der Waals surface area contributed by atoms with Gasteiger partial charge in [-0.15, -0.1) is 0 Å². The highest BCUT2D eigenvalue weighted by Crippen LogP contribution is 2.29. The van der Waals surface area contributed by atoms with Crippen LogP contribution >= 0.6 is 22.6 Å². The van der Waals surface area contributed by atoms with Crippen LogP contribution in [0.1, 0.15) is 17.3 Å². The monoisotopic (exact) mass is 528 g/mol. The van der Waals surface area contributed by atoms with Crippen molar-refractivity contribution in [2.75, 3.05) is 13.7 Å². The number of carbonyl (C=O) groups excluding carboxylic acids is 1. The Morgan fingerprint density at radius 2 is 1.94 bits per heavy atom. The molecule has 9 heteroatoms. The van der Waals surface area contributed by atoms with E-state index in [0.717, 1.165) is 3.57 Å². The molecule has 156 valence electrons. The number of H-pyrrole nitrogens is 1. The van der Waals surface area contributed by atoms with Crippen molar-refractivity contribution in [3.63, 3.8) is 0 Å². The normalized spacial score (nSPS) is 12.7. The van der Waals surface area contributed by atoms with Gasteiger partial charge in [0.1, 0.15) is 22.8 Å². The lowest BCUT2D eigenvalue weighted by molar-refractivity contribution is 0.0124. The molecule has 3 heterocycles. The number of para-hydroxylation sites is 2. The number of aromatic nitrogens is 4. The smallest absolute Gasteiger partial charge is 0.344 e. The highest BCUT2D eigenvalue weighted by atomic mass is 127. The van der Waals surface area contributed by atoms with Gasteiger partial charge in [0.25, 0.3) is 5.56 Å². The van der Waals surface area contributed by atoms with Crippen molar-refractivity contribution in [1.82, 2.24) is 19.4 Å². The summed E-state index contributed by atoms with van der Waals surface area (Å²) in [6.45, 7) is 1.99. The van der Waals surface area contributed by atoms with E-state index in [1.807, 2.05) is 36.4 Å². The summed E-state index contributed by atoms with van der Waals surface area (Å²) in [4.78, 5) is 38.4. The number of rotatable bonds is 4. The fourth-order valence-corrected chi connectivity index (χ4v) is 4.25. The molecule has 5 aromatic rings. The maximum absolute atomic E-state index is 13.2. The number of carbonyl (C=O) groups is 1. The van der Waals surface area contributed by atoms with Crippen molar-refractivity contribution in [2.45, 2.75) is 13.0 Å². The molecule has 0 aliphatic carbocycles. The van der Waals surface area contributed by atoms with Crippen molar-refractivity contribution in [3.8, 4) is 0 Å². The van der Waals surface area contributed by atoms with Gasteiger partial charge in [-0.1, -0.05) is 12.1 Å². The second-order valence-corrected chi connectivity index (χ2v) is 8.48. The van der Waals surface area contributed by atoms with Crippen molar-refractivity contribution >= 4 is 67.3 Å². The minimum absolute atomic E-state index is 0.175. The highest BCUT2D eigenvalue weighted by molar-refractivity contribution is 14.1. The molecule has 1 atom stereocenters. The average molecular weight is 528 g/mol. The molecule has 2 aromatic carbocycles. The Bertz CT molecular complexity index is 1560. The van der Waals surface area contributed by atoms with Crippen LogP contribution < -0.4 is 5.56 Å². The summed E-state index contributed by atoms with van der Waals surface area (Å²) in [7, 11) is 1.54. The third-order valence-corrected chi connectivity index (χ3v) is 5.72. The van der Waals surface area contributed by atoms with E-state index in [9.17, 15) is 9.59 Å². The fourth-order valence-electron chi connectivity index (χ4n) is 3.76. The van der Waals surface area contributed by atoms with Gasteiger partial charge in [-0.25, -0.2) is 14.8 Å². The number of hydrogen-bond acceptors (Lipinski definition) is 6. The molecule has 0 radical (unpaired) electrons. The van der Waals surface area contributed by atoms with Gasteiger partial charge in [0.2, 0.25) is 0 Å². The number of halogens is 1. The number of hydrogen-bond donors (Lipinski definition) is 1. The summed E-state index contributed by atoms with van der Waals surface area (Å²) in [5.74, 6) is -0.595. The number of fused-ring (bicyclic) bond motifs is 6. The van der Waals surface area contributed by atoms with Gasteiger partial charge in [-0.3, -0.25) is 9.20 Å². The molecule has 0 saturated heterocycles. The first kappa shape index (κ1) is 19.9. The van der Waals surface area contributed by atoms with Gasteiger partial charge in [0, 0.05) is 10.7 Å². The summed E-state index contributed by atoms with van der Waals surface area (Å²) in [6, 6.07) is 13.0. The fraction of sp³-hybridized carbons (Fsp3) is 0.182.